The van der Waals surface area contributed by atoms with Crippen molar-refractivity contribution >= 4 is 22.0 Å². The number of ether oxygens (including phenoxy) is 1. The molecule has 0 aliphatic carbocycles. The first-order chi connectivity index (χ1) is 10.1. The molecule has 22 heavy (non-hydrogen) atoms. The highest BCUT2D eigenvalue weighted by atomic mass is 35.5. The molecule has 1 atom stereocenters. The van der Waals surface area contributed by atoms with Gasteiger partial charge in [0, 0.05) is 5.88 Å². The molecule has 0 amide bonds. The zero-order chi connectivity index (χ0) is 16.8. The van der Waals surface area contributed by atoms with Crippen LogP contribution in [0.15, 0.2) is 24.3 Å². The summed E-state index contributed by atoms with van der Waals surface area (Å²) in [5, 5.41) is 0. The van der Waals surface area contributed by atoms with Crippen molar-refractivity contribution in [2.45, 2.75) is 39.2 Å². The zero-order valence-corrected chi connectivity index (χ0v) is 14.9. The van der Waals surface area contributed by atoms with E-state index in [-0.39, 0.29) is 24.5 Å². The van der Waals surface area contributed by atoms with Crippen molar-refractivity contribution in [3.63, 3.8) is 0 Å². The Labute approximate surface area is 137 Å². The van der Waals surface area contributed by atoms with Crippen LogP contribution in [0.3, 0.4) is 0 Å². The van der Waals surface area contributed by atoms with Crippen molar-refractivity contribution in [3.8, 4) is 5.75 Å². The molecule has 0 N–H and O–H groups in total. The Morgan fingerprint density at radius 3 is 2.27 bits per heavy atom. The van der Waals surface area contributed by atoms with E-state index in [1.54, 1.807) is 6.92 Å². The maximum Gasteiger partial charge on any atom is 0.400 e. The van der Waals surface area contributed by atoms with Crippen molar-refractivity contribution in [3.05, 3.63) is 29.8 Å². The molecule has 0 saturated carbocycles. The molecule has 0 aromatic heterocycles. The van der Waals surface area contributed by atoms with Gasteiger partial charge >= 0.3 is 10.4 Å². The Hall–Kier alpha value is -0.820. The van der Waals surface area contributed by atoms with E-state index in [1.165, 1.54) is 5.56 Å². The molecule has 1 unspecified atom stereocenters. The lowest BCUT2D eigenvalue weighted by Gasteiger charge is -2.19. The predicted molar refractivity (Wildman–Crippen MR) is 86.8 cm³/mol. The fraction of sp³-hybridized carbons (Fsp3) is 0.600. The molecule has 0 bridgehead atoms. The van der Waals surface area contributed by atoms with Crippen LogP contribution in [0, 0.1) is 0 Å². The Bertz CT molecular complexity index is 548. The molecule has 7 heteroatoms. The molecule has 1 aromatic rings. The fourth-order valence-corrected chi connectivity index (χ4v) is 2.62. The van der Waals surface area contributed by atoms with E-state index >= 15 is 0 Å². The second-order valence-electron chi connectivity index (χ2n) is 5.91. The minimum atomic E-state index is -4.04. The maximum absolute atomic E-state index is 11.4. The quantitative estimate of drug-likeness (QED) is 0.673. The molecule has 1 rings (SSSR count). The number of benzene rings is 1. The maximum atomic E-state index is 11.4. The largest absolute Gasteiger partial charge is 0.491 e. The summed E-state index contributed by atoms with van der Waals surface area (Å²) in [6, 6.07) is 7.68. The summed E-state index contributed by atoms with van der Waals surface area (Å²) in [5.41, 5.74) is 1.27. The van der Waals surface area contributed by atoms with Crippen LogP contribution in [0.25, 0.3) is 0 Å². The highest BCUT2D eigenvalue weighted by Crippen LogP contribution is 2.24. The first kappa shape index (κ1) is 19.2. The molecule has 126 valence electrons. The number of rotatable bonds is 8. The zero-order valence-electron chi connectivity index (χ0n) is 13.3. The van der Waals surface area contributed by atoms with Crippen LogP contribution >= 0.6 is 11.6 Å². The summed E-state index contributed by atoms with van der Waals surface area (Å²) in [5.74, 6) is 0.732. The van der Waals surface area contributed by atoms with Gasteiger partial charge in [-0.1, -0.05) is 32.9 Å². The van der Waals surface area contributed by atoms with Crippen LogP contribution in [-0.4, -0.2) is 33.6 Å². The third-order valence-electron chi connectivity index (χ3n) is 2.79. The smallest absolute Gasteiger partial charge is 0.400 e. The lowest BCUT2D eigenvalue weighted by molar-refractivity contribution is 0.122. The summed E-state index contributed by atoms with van der Waals surface area (Å²) in [6.45, 7) is 7.95. The van der Waals surface area contributed by atoms with Gasteiger partial charge in [0.1, 0.15) is 18.5 Å². The van der Waals surface area contributed by atoms with E-state index in [1.807, 2.05) is 24.3 Å². The van der Waals surface area contributed by atoms with Crippen LogP contribution in [0.4, 0.5) is 0 Å². The van der Waals surface area contributed by atoms with E-state index in [0.717, 1.165) is 0 Å². The normalized spacial score (nSPS) is 13.9. The van der Waals surface area contributed by atoms with Crippen LogP contribution in [0.1, 0.15) is 33.3 Å². The standard InChI is InChI=1S/C15H23ClO5S/c1-12(21-22(17,18)20-10-9-16)11-19-14-7-5-13(6-8-14)15(2,3)4/h5-8,12H,9-11H2,1-4H3. The third-order valence-corrected chi connectivity index (χ3v) is 3.97. The minimum absolute atomic E-state index is 0.0722. The van der Waals surface area contributed by atoms with Crippen molar-refractivity contribution in [1.82, 2.24) is 0 Å². The summed E-state index contributed by atoms with van der Waals surface area (Å²) >= 11 is 5.36. The van der Waals surface area contributed by atoms with E-state index in [2.05, 4.69) is 25.0 Å². The van der Waals surface area contributed by atoms with E-state index < -0.39 is 16.5 Å². The molecule has 0 fully saturated rings. The number of hydrogen-bond acceptors (Lipinski definition) is 5. The molecule has 5 nitrogen and oxygen atoms in total. The second kappa shape index (κ2) is 8.15. The lowest BCUT2D eigenvalue weighted by atomic mass is 9.87. The Kier molecular flexibility index (Phi) is 7.12. The van der Waals surface area contributed by atoms with Gasteiger partial charge < -0.3 is 4.74 Å². The van der Waals surface area contributed by atoms with E-state index in [0.29, 0.717) is 5.75 Å². The molecular weight excluding hydrogens is 328 g/mol. The summed E-state index contributed by atoms with van der Waals surface area (Å²) in [4.78, 5) is 0. The van der Waals surface area contributed by atoms with Crippen LogP contribution < -0.4 is 4.74 Å². The topological polar surface area (TPSA) is 61.8 Å². The fourth-order valence-electron chi connectivity index (χ4n) is 1.66. The number of hydrogen-bond donors (Lipinski definition) is 0. The number of alkyl halides is 1. The van der Waals surface area contributed by atoms with Gasteiger partial charge in [-0.05, 0) is 30.0 Å². The summed E-state index contributed by atoms with van der Waals surface area (Å²) < 4.78 is 37.7. The monoisotopic (exact) mass is 350 g/mol. The van der Waals surface area contributed by atoms with Gasteiger partial charge in [-0.25, -0.2) is 8.37 Å². The Morgan fingerprint density at radius 1 is 1.18 bits per heavy atom. The molecule has 0 aliphatic heterocycles. The van der Waals surface area contributed by atoms with Crippen molar-refractivity contribution in [2.75, 3.05) is 19.1 Å². The predicted octanol–water partition coefficient (Wildman–Crippen LogP) is 3.27. The Morgan fingerprint density at radius 2 is 1.77 bits per heavy atom. The molecular formula is C15H23ClO5S. The van der Waals surface area contributed by atoms with Crippen molar-refractivity contribution < 1.29 is 21.5 Å². The molecule has 0 heterocycles. The molecule has 0 saturated heterocycles. The SMILES string of the molecule is CC(COc1ccc(C(C)(C)C)cc1)OS(=O)(=O)OCCCl. The van der Waals surface area contributed by atoms with Crippen molar-refractivity contribution in [1.29, 1.82) is 0 Å². The van der Waals surface area contributed by atoms with Crippen LogP contribution in [-0.2, 0) is 24.2 Å². The van der Waals surface area contributed by atoms with Gasteiger partial charge in [-0.3, -0.25) is 0 Å². The van der Waals surface area contributed by atoms with Gasteiger partial charge in [0.05, 0.1) is 6.61 Å². The van der Waals surface area contributed by atoms with Gasteiger partial charge in [-0.2, -0.15) is 8.42 Å². The van der Waals surface area contributed by atoms with Gasteiger partial charge in [0.25, 0.3) is 0 Å². The van der Waals surface area contributed by atoms with Crippen LogP contribution in [0.2, 0.25) is 0 Å². The molecule has 1 aromatic carbocycles. The highest BCUT2D eigenvalue weighted by Gasteiger charge is 2.18. The van der Waals surface area contributed by atoms with Crippen molar-refractivity contribution in [2.24, 2.45) is 0 Å². The van der Waals surface area contributed by atoms with Gasteiger partial charge in [0.15, 0.2) is 0 Å². The van der Waals surface area contributed by atoms with Gasteiger partial charge in [0.2, 0.25) is 0 Å². The first-order valence-corrected chi connectivity index (χ1v) is 8.88. The molecule has 0 radical (unpaired) electrons. The summed E-state index contributed by atoms with van der Waals surface area (Å²) in [7, 11) is -4.04. The van der Waals surface area contributed by atoms with E-state index in [9.17, 15) is 8.42 Å². The first-order valence-electron chi connectivity index (χ1n) is 7.01. The average Bonchev–Trinajstić information content (AvgIpc) is 2.42. The molecule has 0 aliphatic rings. The second-order valence-corrected chi connectivity index (χ2v) is 7.53. The Balaban J connectivity index is 2.49. The minimum Gasteiger partial charge on any atom is -0.491 e. The van der Waals surface area contributed by atoms with Crippen LogP contribution in [0.5, 0.6) is 5.75 Å². The third kappa shape index (κ3) is 6.96. The average molecular weight is 351 g/mol. The van der Waals surface area contributed by atoms with E-state index in [4.69, 9.17) is 20.5 Å². The summed E-state index contributed by atoms with van der Waals surface area (Å²) in [6.07, 6.45) is -0.664. The van der Waals surface area contributed by atoms with Gasteiger partial charge in [-0.15, -0.1) is 11.6 Å². The number of halogens is 1. The highest BCUT2D eigenvalue weighted by molar-refractivity contribution is 7.81. The lowest BCUT2D eigenvalue weighted by Crippen LogP contribution is -2.24. The molecule has 0 spiro atoms.